The first-order chi connectivity index (χ1) is 16.8. The van der Waals surface area contributed by atoms with Gasteiger partial charge >= 0.3 is 8.80 Å². The molecule has 212 valence electrons. The predicted molar refractivity (Wildman–Crippen MR) is 153 cm³/mol. The van der Waals surface area contributed by atoms with Gasteiger partial charge in [-0.05, 0) is 38.5 Å². The van der Waals surface area contributed by atoms with E-state index in [1.807, 2.05) is 0 Å². The minimum absolute atomic E-state index is 0.0668. The highest BCUT2D eigenvalue weighted by molar-refractivity contribution is 6.60. The van der Waals surface area contributed by atoms with Crippen LogP contribution >= 0.6 is 0 Å². The first kappa shape index (κ1) is 35.0. The van der Waals surface area contributed by atoms with Crippen molar-refractivity contribution >= 4 is 8.80 Å². The second kappa shape index (κ2) is 23.2. The van der Waals surface area contributed by atoms with E-state index in [0.717, 1.165) is 44.6 Å². The Labute approximate surface area is 221 Å². The third-order valence-corrected chi connectivity index (χ3v) is 10.0. The molecular weight excluding hydrogens is 455 g/mol. The van der Waals surface area contributed by atoms with Crippen molar-refractivity contribution in [1.82, 2.24) is 0 Å². The van der Waals surface area contributed by atoms with Crippen molar-refractivity contribution in [2.75, 3.05) is 19.9 Å². The van der Waals surface area contributed by atoms with Gasteiger partial charge in [0.2, 0.25) is 0 Å². The van der Waals surface area contributed by atoms with Gasteiger partial charge in [0.25, 0.3) is 0 Å². The quantitative estimate of drug-likeness (QED) is 0.0841. The zero-order valence-electron chi connectivity index (χ0n) is 24.7. The second-order valence-corrected chi connectivity index (χ2v) is 14.1. The molecule has 0 spiro atoms. The van der Waals surface area contributed by atoms with Crippen molar-refractivity contribution in [3.8, 4) is 0 Å². The van der Waals surface area contributed by atoms with Gasteiger partial charge in [-0.2, -0.15) is 0 Å². The summed E-state index contributed by atoms with van der Waals surface area (Å²) in [5.74, 6) is 0. The molecule has 0 heterocycles. The van der Waals surface area contributed by atoms with Crippen molar-refractivity contribution in [3.05, 3.63) is 0 Å². The highest BCUT2D eigenvalue weighted by Crippen LogP contribution is 2.32. The van der Waals surface area contributed by atoms with E-state index in [1.165, 1.54) is 70.6 Å². The van der Waals surface area contributed by atoms with E-state index in [1.54, 1.807) is 0 Å². The molecule has 0 aromatic rings. The lowest BCUT2D eigenvalue weighted by Gasteiger charge is -2.39. The topological polar surface area (TPSA) is 27.7 Å². The lowest BCUT2D eigenvalue weighted by atomic mass is 9.86. The molecule has 0 saturated heterocycles. The fourth-order valence-corrected chi connectivity index (χ4v) is 7.87. The average molecular weight is 519 g/mol. The van der Waals surface area contributed by atoms with Crippen molar-refractivity contribution in [1.29, 1.82) is 0 Å². The van der Waals surface area contributed by atoms with E-state index >= 15 is 0 Å². The summed E-state index contributed by atoms with van der Waals surface area (Å²) in [6.07, 6.45) is 22.4. The van der Waals surface area contributed by atoms with E-state index in [0.29, 0.717) is 19.6 Å². The van der Waals surface area contributed by atoms with Crippen LogP contribution in [0.2, 0.25) is 6.04 Å². The number of rotatable bonds is 26. The summed E-state index contributed by atoms with van der Waals surface area (Å²) < 4.78 is 31.7. The zero-order chi connectivity index (χ0) is 26.3. The van der Waals surface area contributed by atoms with Crippen LogP contribution in [0, 0.1) is 5.41 Å². The molecule has 0 N–H and O–H groups in total. The molecule has 0 aromatic heterocycles. The van der Waals surface area contributed by atoms with E-state index in [9.17, 15) is 4.39 Å². The lowest BCUT2D eigenvalue weighted by Crippen LogP contribution is -2.51. The Morgan fingerprint density at radius 3 is 1.46 bits per heavy atom. The molecule has 5 heteroatoms. The Morgan fingerprint density at radius 2 is 1.03 bits per heavy atom. The van der Waals surface area contributed by atoms with Crippen LogP contribution in [-0.4, -0.2) is 34.8 Å². The summed E-state index contributed by atoms with van der Waals surface area (Å²) in [4.78, 5) is 0. The van der Waals surface area contributed by atoms with Gasteiger partial charge in [-0.15, -0.1) is 0 Å². The minimum atomic E-state index is -2.70. The van der Waals surface area contributed by atoms with Crippen LogP contribution < -0.4 is 0 Å². The molecule has 0 aromatic carbocycles. The summed E-state index contributed by atoms with van der Waals surface area (Å²) >= 11 is 0. The third kappa shape index (κ3) is 19.8. The molecular formula is C30H63FO3Si. The lowest BCUT2D eigenvalue weighted by molar-refractivity contribution is -0.0165. The van der Waals surface area contributed by atoms with Gasteiger partial charge in [-0.3, -0.25) is 4.39 Å². The van der Waals surface area contributed by atoms with Crippen LogP contribution in [0.1, 0.15) is 157 Å². The van der Waals surface area contributed by atoms with E-state index in [-0.39, 0.29) is 18.2 Å². The van der Waals surface area contributed by atoms with Crippen LogP contribution in [0.25, 0.3) is 0 Å². The SMILES string of the molecule is CCCCCCCCCCCCCC(O[Si](CCCCCCCCF)(OCC)OCC)C(C)(C)C. The highest BCUT2D eigenvalue weighted by Gasteiger charge is 2.44. The summed E-state index contributed by atoms with van der Waals surface area (Å²) in [5.41, 5.74) is 0.0668. The second-order valence-electron chi connectivity index (χ2n) is 11.4. The Hall–Kier alpha value is 0.0269. The Balaban J connectivity index is 4.55. The van der Waals surface area contributed by atoms with Crippen molar-refractivity contribution in [2.24, 2.45) is 5.41 Å². The van der Waals surface area contributed by atoms with Crippen LogP contribution in [0.5, 0.6) is 0 Å². The summed E-state index contributed by atoms with van der Waals surface area (Å²) in [7, 11) is -2.70. The number of halogens is 1. The minimum Gasteiger partial charge on any atom is -0.374 e. The molecule has 1 unspecified atom stereocenters. The predicted octanol–water partition coefficient (Wildman–Crippen LogP) is 10.4. The molecule has 3 nitrogen and oxygen atoms in total. The first-order valence-electron chi connectivity index (χ1n) is 15.4. The molecule has 0 fully saturated rings. The van der Waals surface area contributed by atoms with Gasteiger partial charge < -0.3 is 13.3 Å². The Kier molecular flexibility index (Phi) is 23.2. The summed E-state index contributed by atoms with van der Waals surface area (Å²) in [6, 6.07) is 0.891. The largest absolute Gasteiger partial charge is 0.501 e. The molecule has 0 rings (SSSR count). The van der Waals surface area contributed by atoms with Crippen LogP contribution in [0.3, 0.4) is 0 Å². The van der Waals surface area contributed by atoms with Crippen LogP contribution in [-0.2, 0) is 13.3 Å². The molecule has 0 amide bonds. The van der Waals surface area contributed by atoms with Gasteiger partial charge in [0, 0.05) is 19.3 Å². The van der Waals surface area contributed by atoms with Gasteiger partial charge in [-0.1, -0.05) is 124 Å². The molecule has 0 aliphatic carbocycles. The van der Waals surface area contributed by atoms with Crippen LogP contribution in [0.15, 0.2) is 0 Å². The van der Waals surface area contributed by atoms with Crippen molar-refractivity contribution in [3.63, 3.8) is 0 Å². The molecule has 0 saturated carbocycles. The van der Waals surface area contributed by atoms with Gasteiger partial charge in [-0.25, -0.2) is 0 Å². The van der Waals surface area contributed by atoms with Gasteiger partial charge in [0.1, 0.15) is 0 Å². The van der Waals surface area contributed by atoms with Gasteiger partial charge in [0.05, 0.1) is 12.8 Å². The molecule has 0 radical (unpaired) electrons. The summed E-state index contributed by atoms with van der Waals surface area (Å²) in [6.45, 7) is 14.3. The van der Waals surface area contributed by atoms with Crippen molar-refractivity contribution in [2.45, 2.75) is 169 Å². The maximum atomic E-state index is 12.3. The third-order valence-electron chi connectivity index (χ3n) is 6.95. The maximum Gasteiger partial charge on any atom is 0.501 e. The molecule has 0 aliphatic rings. The van der Waals surface area contributed by atoms with Crippen molar-refractivity contribution < 1.29 is 17.7 Å². The maximum absolute atomic E-state index is 12.3. The number of alkyl halides is 1. The van der Waals surface area contributed by atoms with E-state index in [4.69, 9.17) is 13.3 Å². The Morgan fingerprint density at radius 1 is 0.600 bits per heavy atom. The first-order valence-corrected chi connectivity index (χ1v) is 17.3. The molecule has 0 aliphatic heterocycles. The molecule has 0 bridgehead atoms. The van der Waals surface area contributed by atoms with Crippen LogP contribution in [0.4, 0.5) is 4.39 Å². The number of hydrogen-bond acceptors (Lipinski definition) is 3. The number of unbranched alkanes of at least 4 members (excludes halogenated alkanes) is 15. The highest BCUT2D eigenvalue weighted by atomic mass is 28.4. The average Bonchev–Trinajstić information content (AvgIpc) is 2.81. The van der Waals surface area contributed by atoms with Gasteiger partial charge in [0.15, 0.2) is 0 Å². The van der Waals surface area contributed by atoms with E-state index < -0.39 is 8.80 Å². The molecule has 35 heavy (non-hydrogen) atoms. The zero-order valence-corrected chi connectivity index (χ0v) is 25.7. The monoisotopic (exact) mass is 518 g/mol. The molecule has 1 atom stereocenters. The summed E-state index contributed by atoms with van der Waals surface area (Å²) in [5, 5.41) is 0. The Bertz CT molecular complexity index is 436. The standard InChI is InChI=1S/C30H63FO3Si/c1-7-10-11-12-13-14-15-16-17-20-23-26-29(30(4,5)6)34-35(32-8-2,33-9-3)28-25-22-19-18-21-24-27-31/h29H,7-28H2,1-6H3. The fourth-order valence-electron chi connectivity index (χ4n) is 4.78. The van der Waals surface area contributed by atoms with E-state index in [2.05, 4.69) is 41.5 Å². The normalized spacial score (nSPS) is 13.5. The fraction of sp³-hybridized carbons (Fsp3) is 1.00. The number of hydrogen-bond donors (Lipinski definition) is 0. The smallest absolute Gasteiger partial charge is 0.374 e.